The average molecular weight is 373 g/mol. The summed E-state index contributed by atoms with van der Waals surface area (Å²) in [4.78, 5) is 41.3. The average Bonchev–Trinajstić information content (AvgIpc) is 2.87. The first-order chi connectivity index (χ1) is 12.5. The van der Waals surface area contributed by atoms with Crippen molar-refractivity contribution in [3.05, 3.63) is 36.4 Å². The van der Waals surface area contributed by atoms with Crippen LogP contribution in [0.15, 0.2) is 41.3 Å². The third-order valence-electron chi connectivity index (χ3n) is 4.78. The maximum Gasteiger partial charge on any atom is 0.238 e. The van der Waals surface area contributed by atoms with Crippen LogP contribution in [0, 0.1) is 11.8 Å². The van der Waals surface area contributed by atoms with E-state index in [0.29, 0.717) is 12.8 Å². The van der Waals surface area contributed by atoms with Crippen molar-refractivity contribution in [3.63, 3.8) is 0 Å². The number of rotatable bonds is 6. The van der Waals surface area contributed by atoms with Crippen molar-refractivity contribution >= 4 is 35.2 Å². The highest BCUT2D eigenvalue weighted by Gasteiger charge is 2.47. The largest absolute Gasteiger partial charge is 0.324 e. The summed E-state index contributed by atoms with van der Waals surface area (Å²) < 4.78 is 0. The summed E-state index contributed by atoms with van der Waals surface area (Å²) in [6, 6.07) is 7.60. The number of hydrogen-bond acceptors (Lipinski definition) is 5. The minimum Gasteiger partial charge on any atom is -0.324 e. The van der Waals surface area contributed by atoms with Gasteiger partial charge in [0, 0.05) is 4.90 Å². The van der Waals surface area contributed by atoms with E-state index in [1.54, 1.807) is 23.7 Å². The SMILES string of the molecule is CSc1ccccc1NC(=O)CN(C)CN1C(=O)[C@@H]2CC=CC[C@H]2C1=O. The molecule has 1 aromatic carbocycles. The van der Waals surface area contributed by atoms with Gasteiger partial charge in [0.2, 0.25) is 17.7 Å². The van der Waals surface area contributed by atoms with Crippen LogP contribution in [0.25, 0.3) is 0 Å². The number of likely N-dealkylation sites (tertiary alicyclic amines) is 1. The van der Waals surface area contributed by atoms with Crippen LogP contribution in [-0.2, 0) is 14.4 Å². The fraction of sp³-hybridized carbons (Fsp3) is 0.421. The minimum atomic E-state index is -0.233. The van der Waals surface area contributed by atoms with E-state index in [-0.39, 0.29) is 42.8 Å². The Hall–Kier alpha value is -2.12. The Balaban J connectivity index is 1.57. The van der Waals surface area contributed by atoms with Crippen molar-refractivity contribution in [2.75, 3.05) is 31.8 Å². The summed E-state index contributed by atoms with van der Waals surface area (Å²) >= 11 is 1.56. The molecule has 1 heterocycles. The molecule has 0 bridgehead atoms. The van der Waals surface area contributed by atoms with Gasteiger partial charge < -0.3 is 5.32 Å². The number of amides is 3. The van der Waals surface area contributed by atoms with Crippen LogP contribution in [0.1, 0.15) is 12.8 Å². The van der Waals surface area contributed by atoms with Gasteiger partial charge in [-0.15, -0.1) is 11.8 Å². The first-order valence-electron chi connectivity index (χ1n) is 8.63. The van der Waals surface area contributed by atoms with Crippen molar-refractivity contribution in [3.8, 4) is 0 Å². The number of fused-ring (bicyclic) bond motifs is 1. The van der Waals surface area contributed by atoms with Crippen LogP contribution in [0.3, 0.4) is 0 Å². The fourth-order valence-corrected chi connectivity index (χ4v) is 4.04. The second-order valence-corrected chi connectivity index (χ2v) is 7.51. The lowest BCUT2D eigenvalue weighted by Gasteiger charge is -2.23. The number of carbonyl (C=O) groups excluding carboxylic acids is 3. The molecule has 1 saturated heterocycles. The number of hydrogen-bond donors (Lipinski definition) is 1. The van der Waals surface area contributed by atoms with Gasteiger partial charge in [0.15, 0.2) is 0 Å². The molecule has 138 valence electrons. The van der Waals surface area contributed by atoms with Crippen LogP contribution < -0.4 is 5.32 Å². The maximum absolute atomic E-state index is 12.5. The van der Waals surface area contributed by atoms with Gasteiger partial charge in [0.1, 0.15) is 0 Å². The van der Waals surface area contributed by atoms with E-state index in [1.807, 2.05) is 42.7 Å². The van der Waals surface area contributed by atoms with Crippen LogP contribution in [0.2, 0.25) is 0 Å². The molecule has 2 aliphatic rings. The number of benzene rings is 1. The standard InChI is InChI=1S/C19H23N3O3S/c1-21(11-17(23)20-15-9-5-6-10-16(15)26-2)12-22-18(24)13-7-3-4-8-14(13)19(22)25/h3-6,9-10,13-14H,7-8,11-12H2,1-2H3,(H,20,23)/t13-,14-/m1/s1. The van der Waals surface area contributed by atoms with Gasteiger partial charge in [-0.1, -0.05) is 24.3 Å². The predicted molar refractivity (Wildman–Crippen MR) is 102 cm³/mol. The van der Waals surface area contributed by atoms with Gasteiger partial charge in [0.25, 0.3) is 0 Å². The van der Waals surface area contributed by atoms with Crippen molar-refractivity contribution in [1.29, 1.82) is 0 Å². The Kier molecular flexibility index (Phi) is 5.78. The maximum atomic E-state index is 12.5. The second-order valence-electron chi connectivity index (χ2n) is 6.66. The summed E-state index contributed by atoms with van der Waals surface area (Å²) in [6.07, 6.45) is 7.14. The highest BCUT2D eigenvalue weighted by Crippen LogP contribution is 2.35. The molecule has 3 rings (SSSR count). The quantitative estimate of drug-likeness (QED) is 0.470. The van der Waals surface area contributed by atoms with Crippen molar-refractivity contribution < 1.29 is 14.4 Å². The molecule has 0 saturated carbocycles. The van der Waals surface area contributed by atoms with E-state index >= 15 is 0 Å². The molecular formula is C19H23N3O3S. The summed E-state index contributed by atoms with van der Waals surface area (Å²) in [6.45, 7) is 0.246. The van der Waals surface area contributed by atoms with Crippen LogP contribution in [0.4, 0.5) is 5.69 Å². The summed E-state index contributed by atoms with van der Waals surface area (Å²) in [5.74, 6) is -0.882. The van der Waals surface area contributed by atoms with E-state index in [1.165, 1.54) is 4.90 Å². The molecule has 26 heavy (non-hydrogen) atoms. The molecular weight excluding hydrogens is 350 g/mol. The Morgan fingerprint density at radius 3 is 2.42 bits per heavy atom. The molecule has 1 N–H and O–H groups in total. The molecule has 1 fully saturated rings. The smallest absolute Gasteiger partial charge is 0.238 e. The van der Waals surface area contributed by atoms with E-state index in [0.717, 1.165) is 10.6 Å². The number of imide groups is 1. The van der Waals surface area contributed by atoms with Crippen LogP contribution in [0.5, 0.6) is 0 Å². The number of likely N-dealkylation sites (N-methyl/N-ethyl adjacent to an activating group) is 1. The lowest BCUT2D eigenvalue weighted by Crippen LogP contribution is -2.43. The summed E-state index contributed by atoms with van der Waals surface area (Å²) in [5.41, 5.74) is 0.767. The number of nitrogens with zero attached hydrogens (tertiary/aromatic N) is 2. The monoisotopic (exact) mass is 373 g/mol. The molecule has 0 radical (unpaired) electrons. The molecule has 7 heteroatoms. The Bertz CT molecular complexity index is 723. The Labute approximate surface area is 157 Å². The van der Waals surface area contributed by atoms with E-state index < -0.39 is 0 Å². The predicted octanol–water partition coefficient (Wildman–Crippen LogP) is 2.19. The van der Waals surface area contributed by atoms with Gasteiger partial charge >= 0.3 is 0 Å². The zero-order valence-electron chi connectivity index (χ0n) is 15.0. The lowest BCUT2D eigenvalue weighted by atomic mass is 9.85. The topological polar surface area (TPSA) is 69.7 Å². The summed E-state index contributed by atoms with van der Waals surface area (Å²) in [5, 5.41) is 2.89. The molecule has 3 amide bonds. The molecule has 0 unspecified atom stereocenters. The van der Waals surface area contributed by atoms with Crippen LogP contribution >= 0.6 is 11.8 Å². The highest BCUT2D eigenvalue weighted by atomic mass is 32.2. The Morgan fingerprint density at radius 2 is 1.81 bits per heavy atom. The molecule has 0 aromatic heterocycles. The second kappa shape index (κ2) is 8.05. The van der Waals surface area contributed by atoms with Gasteiger partial charge in [-0.2, -0.15) is 0 Å². The van der Waals surface area contributed by atoms with Crippen LogP contribution in [-0.4, -0.2) is 54.0 Å². The van der Waals surface area contributed by atoms with Gasteiger partial charge in [0.05, 0.1) is 30.7 Å². The number of para-hydroxylation sites is 1. The summed E-state index contributed by atoms with van der Waals surface area (Å²) in [7, 11) is 1.74. The first kappa shape index (κ1) is 18.7. The number of anilines is 1. The van der Waals surface area contributed by atoms with Crippen molar-refractivity contribution in [2.45, 2.75) is 17.7 Å². The minimum absolute atomic E-state index is 0.105. The van der Waals surface area contributed by atoms with Gasteiger partial charge in [-0.25, -0.2) is 0 Å². The number of carbonyl (C=O) groups is 3. The van der Waals surface area contributed by atoms with E-state index in [2.05, 4.69) is 5.32 Å². The number of thioether (sulfide) groups is 1. The van der Waals surface area contributed by atoms with E-state index in [9.17, 15) is 14.4 Å². The number of allylic oxidation sites excluding steroid dienone is 2. The molecule has 1 aliphatic heterocycles. The fourth-order valence-electron chi connectivity index (χ4n) is 3.48. The molecule has 2 atom stereocenters. The van der Waals surface area contributed by atoms with Gasteiger partial charge in [-0.05, 0) is 38.3 Å². The third-order valence-corrected chi connectivity index (χ3v) is 5.57. The third kappa shape index (κ3) is 3.83. The highest BCUT2D eigenvalue weighted by molar-refractivity contribution is 7.98. The van der Waals surface area contributed by atoms with Crippen molar-refractivity contribution in [1.82, 2.24) is 9.80 Å². The first-order valence-corrected chi connectivity index (χ1v) is 9.85. The molecule has 6 nitrogen and oxygen atoms in total. The molecule has 1 aromatic rings. The zero-order chi connectivity index (χ0) is 18.7. The lowest BCUT2D eigenvalue weighted by molar-refractivity contribution is -0.142. The molecule has 1 aliphatic carbocycles. The molecule has 0 spiro atoms. The van der Waals surface area contributed by atoms with E-state index in [4.69, 9.17) is 0 Å². The van der Waals surface area contributed by atoms with Gasteiger partial charge in [-0.3, -0.25) is 24.2 Å². The Morgan fingerprint density at radius 1 is 1.19 bits per heavy atom. The van der Waals surface area contributed by atoms with Crippen molar-refractivity contribution in [2.24, 2.45) is 11.8 Å². The normalized spacial score (nSPS) is 22.0. The zero-order valence-corrected chi connectivity index (χ0v) is 15.8. The number of nitrogens with one attached hydrogen (secondary N) is 1.